The first-order valence-electron chi connectivity index (χ1n) is 5.69. The quantitative estimate of drug-likeness (QED) is 0.802. The molecular weight excluding hydrogens is 278 g/mol. The van der Waals surface area contributed by atoms with Crippen LogP contribution in [0.5, 0.6) is 0 Å². The van der Waals surface area contributed by atoms with Crippen molar-refractivity contribution in [2.75, 3.05) is 18.0 Å². The lowest BCUT2D eigenvalue weighted by Gasteiger charge is -2.19. The fourth-order valence-electron chi connectivity index (χ4n) is 2.36. The molecule has 0 aromatic heterocycles. The van der Waals surface area contributed by atoms with E-state index in [9.17, 15) is 4.79 Å². The summed E-state index contributed by atoms with van der Waals surface area (Å²) in [4.78, 5) is 13.5. The second-order valence-electron chi connectivity index (χ2n) is 4.32. The van der Waals surface area contributed by atoms with Gasteiger partial charge >= 0.3 is 0 Å². The van der Waals surface area contributed by atoms with Crippen molar-refractivity contribution in [3.8, 4) is 0 Å². The fourth-order valence-corrected chi connectivity index (χ4v) is 2.84. The van der Waals surface area contributed by atoms with Crippen molar-refractivity contribution in [2.24, 2.45) is 0 Å². The molecule has 0 bridgehead atoms. The molecule has 0 spiro atoms. The molecule has 0 saturated carbocycles. The molecule has 1 aliphatic rings. The average Bonchev–Trinajstić information content (AvgIpc) is 2.77. The zero-order valence-electron chi connectivity index (χ0n) is 9.32. The molecule has 0 N–H and O–H groups in total. The summed E-state index contributed by atoms with van der Waals surface area (Å²) >= 11 is 3.57. The van der Waals surface area contributed by atoms with Crippen LogP contribution in [0.4, 0.5) is 5.69 Å². The zero-order valence-corrected chi connectivity index (χ0v) is 10.9. The lowest BCUT2D eigenvalue weighted by molar-refractivity contribution is -0.116. The van der Waals surface area contributed by atoms with Gasteiger partial charge in [0.1, 0.15) is 0 Å². The van der Waals surface area contributed by atoms with Crippen molar-refractivity contribution in [1.82, 2.24) is 0 Å². The van der Waals surface area contributed by atoms with Crippen molar-refractivity contribution < 1.29 is 4.79 Å². The highest BCUT2D eigenvalue weighted by Crippen LogP contribution is 2.33. The van der Waals surface area contributed by atoms with E-state index in [0.717, 1.165) is 16.7 Å². The largest absolute Gasteiger partial charge is 0.363 e. The third-order valence-corrected chi connectivity index (χ3v) is 3.91. The molecule has 17 heavy (non-hydrogen) atoms. The molecule has 2 nitrogen and oxygen atoms in total. The van der Waals surface area contributed by atoms with Crippen LogP contribution in [-0.4, -0.2) is 18.9 Å². The van der Waals surface area contributed by atoms with E-state index in [-0.39, 0.29) is 0 Å². The van der Waals surface area contributed by atoms with Gasteiger partial charge in [0.2, 0.25) is 0 Å². The third kappa shape index (κ3) is 1.84. The summed E-state index contributed by atoms with van der Waals surface area (Å²) in [6.07, 6.45) is 0.671. The first-order valence-corrected chi connectivity index (χ1v) is 6.49. The van der Waals surface area contributed by atoms with Gasteiger partial charge < -0.3 is 4.90 Å². The molecule has 0 atom stereocenters. The maximum atomic E-state index is 11.4. The molecule has 3 rings (SSSR count). The average molecular weight is 290 g/mol. The van der Waals surface area contributed by atoms with Crippen LogP contribution in [0, 0.1) is 0 Å². The SMILES string of the molecule is O=C1CCN(c2ccc(Br)c3ccccc23)C1. The van der Waals surface area contributed by atoms with Crippen LogP contribution in [0.25, 0.3) is 10.8 Å². The van der Waals surface area contributed by atoms with Gasteiger partial charge in [-0.3, -0.25) is 4.79 Å². The number of carbonyl (C=O) groups excluding carboxylic acids is 1. The lowest BCUT2D eigenvalue weighted by Crippen LogP contribution is -2.19. The van der Waals surface area contributed by atoms with Crippen LogP contribution in [0.1, 0.15) is 6.42 Å². The first kappa shape index (κ1) is 10.8. The number of halogens is 1. The molecule has 1 saturated heterocycles. The smallest absolute Gasteiger partial charge is 0.153 e. The number of benzene rings is 2. The number of ketones is 1. The second kappa shape index (κ2) is 4.15. The Morgan fingerprint density at radius 2 is 1.82 bits per heavy atom. The number of Topliss-reactive ketones (excluding diaryl/α,β-unsaturated/α-hetero) is 1. The lowest BCUT2D eigenvalue weighted by atomic mass is 10.1. The molecule has 0 radical (unpaired) electrons. The predicted octanol–water partition coefficient (Wildman–Crippen LogP) is 3.38. The number of nitrogens with zero attached hydrogens (tertiary/aromatic N) is 1. The Morgan fingerprint density at radius 3 is 2.53 bits per heavy atom. The van der Waals surface area contributed by atoms with E-state index in [1.165, 1.54) is 10.8 Å². The molecule has 3 heteroatoms. The molecule has 1 heterocycles. The van der Waals surface area contributed by atoms with Crippen LogP contribution < -0.4 is 4.90 Å². The van der Waals surface area contributed by atoms with E-state index in [1.807, 2.05) is 12.1 Å². The van der Waals surface area contributed by atoms with Gasteiger partial charge in [-0.05, 0) is 17.5 Å². The summed E-state index contributed by atoms with van der Waals surface area (Å²) in [5.74, 6) is 0.331. The van der Waals surface area contributed by atoms with E-state index < -0.39 is 0 Å². The van der Waals surface area contributed by atoms with Gasteiger partial charge in [-0.1, -0.05) is 40.2 Å². The molecule has 1 fully saturated rings. The minimum absolute atomic E-state index is 0.331. The maximum Gasteiger partial charge on any atom is 0.153 e. The van der Waals surface area contributed by atoms with E-state index in [2.05, 4.69) is 45.1 Å². The van der Waals surface area contributed by atoms with E-state index in [0.29, 0.717) is 18.7 Å². The Hall–Kier alpha value is -1.35. The van der Waals surface area contributed by atoms with E-state index in [4.69, 9.17) is 0 Å². The van der Waals surface area contributed by atoms with Gasteiger partial charge in [-0.25, -0.2) is 0 Å². The number of rotatable bonds is 1. The van der Waals surface area contributed by atoms with Gasteiger partial charge in [0, 0.05) is 28.5 Å². The second-order valence-corrected chi connectivity index (χ2v) is 5.18. The third-order valence-electron chi connectivity index (χ3n) is 3.22. The molecular formula is C14H12BrNO. The van der Waals surface area contributed by atoms with Crippen molar-refractivity contribution in [3.63, 3.8) is 0 Å². The highest BCUT2D eigenvalue weighted by atomic mass is 79.9. The fraction of sp³-hybridized carbons (Fsp3) is 0.214. The standard InChI is InChI=1S/C14H12BrNO/c15-13-5-6-14(16-8-7-10(17)9-16)12-4-2-1-3-11(12)13/h1-6H,7-9H2. The van der Waals surface area contributed by atoms with Crippen molar-refractivity contribution >= 4 is 38.2 Å². The normalized spacial score (nSPS) is 15.8. The number of anilines is 1. The van der Waals surface area contributed by atoms with Crippen molar-refractivity contribution in [2.45, 2.75) is 6.42 Å². The topological polar surface area (TPSA) is 20.3 Å². The Bertz CT molecular complexity index is 594. The molecule has 0 unspecified atom stereocenters. The molecule has 2 aromatic carbocycles. The van der Waals surface area contributed by atoms with Crippen molar-refractivity contribution in [1.29, 1.82) is 0 Å². The minimum atomic E-state index is 0.331. The highest BCUT2D eigenvalue weighted by Gasteiger charge is 2.21. The number of fused-ring (bicyclic) bond motifs is 1. The van der Waals surface area contributed by atoms with Gasteiger partial charge in [0.25, 0.3) is 0 Å². The molecule has 0 amide bonds. The molecule has 1 aliphatic heterocycles. The summed E-state index contributed by atoms with van der Waals surface area (Å²) in [6, 6.07) is 12.4. The summed E-state index contributed by atoms with van der Waals surface area (Å²) in [5.41, 5.74) is 1.16. The Morgan fingerprint density at radius 1 is 1.06 bits per heavy atom. The number of hydrogen-bond acceptors (Lipinski definition) is 2. The summed E-state index contributed by atoms with van der Waals surface area (Å²) in [6.45, 7) is 1.39. The number of hydrogen-bond donors (Lipinski definition) is 0. The van der Waals surface area contributed by atoms with Crippen molar-refractivity contribution in [3.05, 3.63) is 40.9 Å². The Balaban J connectivity index is 2.17. The monoisotopic (exact) mass is 289 g/mol. The summed E-state index contributed by atoms with van der Waals surface area (Å²) in [5, 5.41) is 2.40. The van der Waals surface area contributed by atoms with Gasteiger partial charge in [-0.2, -0.15) is 0 Å². The maximum absolute atomic E-state index is 11.4. The molecule has 0 aliphatic carbocycles. The van der Waals surface area contributed by atoms with E-state index >= 15 is 0 Å². The van der Waals surface area contributed by atoms with Gasteiger partial charge in [0.05, 0.1) is 6.54 Å². The van der Waals surface area contributed by atoms with Crippen LogP contribution >= 0.6 is 15.9 Å². The molecule has 2 aromatic rings. The molecule has 86 valence electrons. The first-order chi connectivity index (χ1) is 8.25. The number of carbonyl (C=O) groups is 1. The van der Waals surface area contributed by atoms with Gasteiger partial charge in [0.15, 0.2) is 5.78 Å². The predicted molar refractivity (Wildman–Crippen MR) is 73.5 cm³/mol. The minimum Gasteiger partial charge on any atom is -0.363 e. The van der Waals surface area contributed by atoms with Crippen LogP contribution in [0.3, 0.4) is 0 Å². The zero-order chi connectivity index (χ0) is 11.8. The van der Waals surface area contributed by atoms with Crippen LogP contribution in [0.2, 0.25) is 0 Å². The Labute approximate surface area is 108 Å². The summed E-state index contributed by atoms with van der Waals surface area (Å²) < 4.78 is 1.10. The highest BCUT2D eigenvalue weighted by molar-refractivity contribution is 9.10. The van der Waals surface area contributed by atoms with Gasteiger partial charge in [-0.15, -0.1) is 0 Å². The van der Waals surface area contributed by atoms with Crippen LogP contribution in [-0.2, 0) is 4.79 Å². The summed E-state index contributed by atoms with van der Waals surface area (Å²) in [7, 11) is 0. The Kier molecular flexibility index (Phi) is 2.63. The van der Waals surface area contributed by atoms with Crippen LogP contribution in [0.15, 0.2) is 40.9 Å². The van der Waals surface area contributed by atoms with E-state index in [1.54, 1.807) is 0 Å².